The normalized spacial score (nSPS) is 42.0. The highest BCUT2D eigenvalue weighted by molar-refractivity contribution is 9.09. The Labute approximate surface area is 84.2 Å². The van der Waals surface area contributed by atoms with Gasteiger partial charge in [0.1, 0.15) is 0 Å². The van der Waals surface area contributed by atoms with Crippen LogP contribution in [0.5, 0.6) is 0 Å². The summed E-state index contributed by atoms with van der Waals surface area (Å²) in [5, 5.41) is 0. The SMILES string of the molecule is CC(Br)CCC1CC2CCC1C2. The van der Waals surface area contributed by atoms with Crippen LogP contribution in [0.15, 0.2) is 0 Å². The second-order valence-corrected chi connectivity index (χ2v) is 6.36. The number of hydrogen-bond acceptors (Lipinski definition) is 0. The largest absolute Gasteiger partial charge is 0.0894 e. The molecule has 0 aliphatic heterocycles. The van der Waals surface area contributed by atoms with Gasteiger partial charge in [0.25, 0.3) is 0 Å². The fourth-order valence-electron chi connectivity index (χ4n) is 3.17. The van der Waals surface area contributed by atoms with Gasteiger partial charge in [-0.2, -0.15) is 0 Å². The zero-order valence-corrected chi connectivity index (χ0v) is 9.52. The molecule has 0 spiro atoms. The molecule has 12 heavy (non-hydrogen) atoms. The van der Waals surface area contributed by atoms with Gasteiger partial charge in [0, 0.05) is 4.83 Å². The molecule has 0 aromatic carbocycles. The molecule has 2 aliphatic carbocycles. The first-order valence-corrected chi connectivity index (χ1v) is 6.31. The maximum Gasteiger partial charge on any atom is 0.0117 e. The highest BCUT2D eigenvalue weighted by Gasteiger charge is 2.38. The first kappa shape index (κ1) is 9.05. The van der Waals surface area contributed by atoms with Crippen molar-refractivity contribution in [2.45, 2.75) is 50.3 Å². The lowest BCUT2D eigenvalue weighted by molar-refractivity contribution is 0.309. The van der Waals surface area contributed by atoms with Crippen LogP contribution in [0.25, 0.3) is 0 Å². The summed E-state index contributed by atoms with van der Waals surface area (Å²) >= 11 is 3.63. The minimum atomic E-state index is 0.733. The molecule has 0 aromatic rings. The Bertz CT molecular complexity index is 153. The van der Waals surface area contributed by atoms with E-state index in [1.165, 1.54) is 12.8 Å². The van der Waals surface area contributed by atoms with Crippen molar-refractivity contribution in [2.24, 2.45) is 17.8 Å². The van der Waals surface area contributed by atoms with Gasteiger partial charge in [-0.05, 0) is 49.9 Å². The van der Waals surface area contributed by atoms with E-state index in [1.54, 1.807) is 25.7 Å². The van der Waals surface area contributed by atoms with Crippen LogP contribution < -0.4 is 0 Å². The van der Waals surface area contributed by atoms with Crippen LogP contribution >= 0.6 is 15.9 Å². The minimum absolute atomic E-state index is 0.733. The lowest BCUT2D eigenvalue weighted by Gasteiger charge is -2.21. The summed E-state index contributed by atoms with van der Waals surface area (Å²) in [6, 6.07) is 0. The molecule has 70 valence electrons. The molecular formula is C11H19Br. The predicted octanol–water partition coefficient (Wildman–Crippen LogP) is 3.99. The second-order valence-electron chi connectivity index (χ2n) is 4.79. The van der Waals surface area contributed by atoms with Crippen molar-refractivity contribution in [2.75, 3.05) is 0 Å². The zero-order valence-electron chi connectivity index (χ0n) is 7.93. The molecule has 2 saturated carbocycles. The number of alkyl halides is 1. The summed E-state index contributed by atoms with van der Waals surface area (Å²) in [7, 11) is 0. The summed E-state index contributed by atoms with van der Waals surface area (Å²) in [5.41, 5.74) is 0. The molecule has 2 rings (SSSR count). The molecule has 2 fully saturated rings. The topological polar surface area (TPSA) is 0 Å². The fraction of sp³-hybridized carbons (Fsp3) is 1.00. The summed E-state index contributed by atoms with van der Waals surface area (Å²) in [6.07, 6.45) is 9.09. The monoisotopic (exact) mass is 230 g/mol. The van der Waals surface area contributed by atoms with Crippen LogP contribution in [-0.4, -0.2) is 4.83 Å². The Kier molecular flexibility index (Phi) is 2.78. The van der Waals surface area contributed by atoms with E-state index >= 15 is 0 Å². The number of fused-ring (bicyclic) bond motifs is 2. The molecule has 0 amide bonds. The molecule has 4 atom stereocenters. The fourth-order valence-corrected chi connectivity index (χ4v) is 3.44. The molecule has 0 heterocycles. The van der Waals surface area contributed by atoms with E-state index in [2.05, 4.69) is 22.9 Å². The molecule has 2 bridgehead atoms. The first-order valence-electron chi connectivity index (χ1n) is 5.39. The van der Waals surface area contributed by atoms with Crippen molar-refractivity contribution in [3.8, 4) is 0 Å². The van der Waals surface area contributed by atoms with Gasteiger partial charge in [-0.3, -0.25) is 0 Å². The number of rotatable bonds is 3. The molecule has 4 unspecified atom stereocenters. The molecule has 0 nitrogen and oxygen atoms in total. The Morgan fingerprint density at radius 1 is 1.33 bits per heavy atom. The highest BCUT2D eigenvalue weighted by Crippen LogP contribution is 2.50. The van der Waals surface area contributed by atoms with Gasteiger partial charge in [0.15, 0.2) is 0 Å². The van der Waals surface area contributed by atoms with E-state index in [4.69, 9.17) is 0 Å². The minimum Gasteiger partial charge on any atom is -0.0894 e. The van der Waals surface area contributed by atoms with Gasteiger partial charge in [-0.15, -0.1) is 0 Å². The first-order chi connectivity index (χ1) is 5.75. The second kappa shape index (κ2) is 3.69. The summed E-state index contributed by atoms with van der Waals surface area (Å²) < 4.78 is 0. The molecule has 1 heteroatoms. The van der Waals surface area contributed by atoms with E-state index in [-0.39, 0.29) is 0 Å². The Morgan fingerprint density at radius 2 is 2.17 bits per heavy atom. The van der Waals surface area contributed by atoms with E-state index in [0.29, 0.717) is 0 Å². The van der Waals surface area contributed by atoms with Crippen LogP contribution in [0.1, 0.15) is 45.4 Å². The third kappa shape index (κ3) is 1.86. The number of halogens is 1. The third-order valence-electron chi connectivity index (χ3n) is 3.82. The molecule has 0 aromatic heterocycles. The van der Waals surface area contributed by atoms with Crippen molar-refractivity contribution in [3.63, 3.8) is 0 Å². The van der Waals surface area contributed by atoms with Gasteiger partial charge < -0.3 is 0 Å². The van der Waals surface area contributed by atoms with Crippen molar-refractivity contribution in [1.82, 2.24) is 0 Å². The summed E-state index contributed by atoms with van der Waals surface area (Å²) in [6.45, 7) is 2.27. The van der Waals surface area contributed by atoms with E-state index in [0.717, 1.165) is 22.6 Å². The molecule has 2 aliphatic rings. The Morgan fingerprint density at radius 3 is 2.67 bits per heavy atom. The lowest BCUT2D eigenvalue weighted by Crippen LogP contribution is -2.11. The van der Waals surface area contributed by atoms with Gasteiger partial charge in [-0.1, -0.05) is 29.3 Å². The number of hydrogen-bond donors (Lipinski definition) is 0. The molecule has 0 radical (unpaired) electrons. The Balaban J connectivity index is 1.76. The highest BCUT2D eigenvalue weighted by atomic mass is 79.9. The van der Waals surface area contributed by atoms with Crippen molar-refractivity contribution < 1.29 is 0 Å². The summed E-state index contributed by atoms with van der Waals surface area (Å²) in [5.74, 6) is 3.36. The van der Waals surface area contributed by atoms with Gasteiger partial charge in [-0.25, -0.2) is 0 Å². The van der Waals surface area contributed by atoms with Crippen LogP contribution in [0.3, 0.4) is 0 Å². The van der Waals surface area contributed by atoms with Gasteiger partial charge in [0.2, 0.25) is 0 Å². The zero-order chi connectivity index (χ0) is 8.55. The van der Waals surface area contributed by atoms with E-state index < -0.39 is 0 Å². The van der Waals surface area contributed by atoms with E-state index in [1.807, 2.05) is 0 Å². The maximum atomic E-state index is 3.63. The smallest absolute Gasteiger partial charge is 0.0117 e. The average Bonchev–Trinajstić information content (AvgIpc) is 2.60. The average molecular weight is 231 g/mol. The predicted molar refractivity (Wildman–Crippen MR) is 56.6 cm³/mol. The van der Waals surface area contributed by atoms with Crippen LogP contribution in [-0.2, 0) is 0 Å². The third-order valence-corrected chi connectivity index (χ3v) is 4.28. The molecule has 0 saturated heterocycles. The molecular weight excluding hydrogens is 212 g/mol. The van der Waals surface area contributed by atoms with Crippen molar-refractivity contribution in [1.29, 1.82) is 0 Å². The van der Waals surface area contributed by atoms with Gasteiger partial charge in [0.05, 0.1) is 0 Å². The quantitative estimate of drug-likeness (QED) is 0.644. The van der Waals surface area contributed by atoms with Crippen molar-refractivity contribution >= 4 is 15.9 Å². The maximum absolute atomic E-state index is 3.63. The Hall–Kier alpha value is 0.480. The van der Waals surface area contributed by atoms with Crippen LogP contribution in [0, 0.1) is 17.8 Å². The molecule has 0 N–H and O–H groups in total. The summed E-state index contributed by atoms with van der Waals surface area (Å²) in [4.78, 5) is 0.733. The lowest BCUT2D eigenvalue weighted by atomic mass is 9.85. The van der Waals surface area contributed by atoms with Crippen LogP contribution in [0.2, 0.25) is 0 Å². The van der Waals surface area contributed by atoms with Crippen molar-refractivity contribution in [3.05, 3.63) is 0 Å². The van der Waals surface area contributed by atoms with Crippen LogP contribution in [0.4, 0.5) is 0 Å². The van der Waals surface area contributed by atoms with Gasteiger partial charge >= 0.3 is 0 Å². The van der Waals surface area contributed by atoms with E-state index in [9.17, 15) is 0 Å². The standard InChI is InChI=1S/C11H19Br/c1-8(12)2-4-10-6-9-3-5-11(10)7-9/h8-11H,2-7H2,1H3.